The average Bonchev–Trinajstić information content (AvgIpc) is 2.56. The van der Waals surface area contributed by atoms with Crippen LogP contribution in [-0.2, 0) is 9.53 Å². The highest BCUT2D eigenvalue weighted by Crippen LogP contribution is 2.17. The molecule has 4 nitrogen and oxygen atoms in total. The summed E-state index contributed by atoms with van der Waals surface area (Å²) in [5.41, 5.74) is 2.50. The van der Waals surface area contributed by atoms with Gasteiger partial charge in [-0.05, 0) is 26.0 Å². The zero-order valence-corrected chi connectivity index (χ0v) is 13.9. The Labute approximate surface area is 128 Å². The summed E-state index contributed by atoms with van der Waals surface area (Å²) in [4.78, 5) is 16.2. The largest absolute Gasteiger partial charge is 0.372 e. The normalized spacial score (nSPS) is 16.0. The first-order valence-corrected chi connectivity index (χ1v) is 7.75. The number of nitrogens with zero attached hydrogens (tertiary/aromatic N) is 2. The van der Waals surface area contributed by atoms with E-state index in [1.54, 1.807) is 14.0 Å². The molecular formula is C17H28N2O2. The first kappa shape index (κ1) is 17.5. The van der Waals surface area contributed by atoms with Crippen LogP contribution in [0.1, 0.15) is 26.3 Å². The lowest BCUT2D eigenvalue weighted by atomic mass is 10.2. The number of hydrogen-bond acceptors (Lipinski definition) is 3. The number of rotatable bonds is 3. The third-order valence-corrected chi connectivity index (χ3v) is 3.69. The molecule has 1 heterocycles. The van der Waals surface area contributed by atoms with Gasteiger partial charge in [-0.15, -0.1) is 0 Å². The molecule has 1 aliphatic heterocycles. The van der Waals surface area contributed by atoms with Crippen molar-refractivity contribution in [1.82, 2.24) is 4.90 Å². The highest BCUT2D eigenvalue weighted by Gasteiger charge is 2.24. The van der Waals surface area contributed by atoms with Gasteiger partial charge < -0.3 is 14.5 Å². The lowest BCUT2D eigenvalue weighted by molar-refractivity contribution is -0.141. The molecular weight excluding hydrogens is 264 g/mol. The fourth-order valence-corrected chi connectivity index (χ4v) is 2.30. The van der Waals surface area contributed by atoms with Crippen LogP contribution in [0, 0.1) is 6.92 Å². The summed E-state index contributed by atoms with van der Waals surface area (Å²) in [7, 11) is 1.57. The number of carbonyl (C=O) groups excluding carboxylic acids is 1. The Kier molecular flexibility index (Phi) is 7.23. The van der Waals surface area contributed by atoms with Crippen LogP contribution in [0.2, 0.25) is 0 Å². The van der Waals surface area contributed by atoms with E-state index in [4.69, 9.17) is 4.74 Å². The van der Waals surface area contributed by atoms with Crippen molar-refractivity contribution in [3.63, 3.8) is 0 Å². The van der Waals surface area contributed by atoms with E-state index in [0.717, 1.165) is 26.2 Å². The van der Waals surface area contributed by atoms with Gasteiger partial charge in [0.1, 0.15) is 6.10 Å². The molecule has 1 aliphatic rings. The topological polar surface area (TPSA) is 32.8 Å². The molecule has 0 N–H and O–H groups in total. The van der Waals surface area contributed by atoms with Gasteiger partial charge in [-0.3, -0.25) is 4.79 Å². The maximum absolute atomic E-state index is 12.0. The molecule has 1 saturated heterocycles. The Morgan fingerprint density at radius 3 is 2.10 bits per heavy atom. The molecule has 1 aromatic carbocycles. The van der Waals surface area contributed by atoms with Gasteiger partial charge in [0.2, 0.25) is 0 Å². The van der Waals surface area contributed by atoms with Crippen LogP contribution >= 0.6 is 0 Å². The molecule has 0 spiro atoms. The van der Waals surface area contributed by atoms with Gasteiger partial charge in [0.25, 0.3) is 5.91 Å². The number of piperazine rings is 1. The first-order valence-electron chi connectivity index (χ1n) is 7.75. The van der Waals surface area contributed by atoms with Crippen LogP contribution in [0.4, 0.5) is 5.69 Å². The number of amides is 1. The first-order chi connectivity index (χ1) is 10.1. The molecule has 4 heteroatoms. The molecule has 1 atom stereocenters. The lowest BCUT2D eigenvalue weighted by Gasteiger charge is -2.37. The molecule has 1 amide bonds. The lowest BCUT2D eigenvalue weighted by Crippen LogP contribution is -2.51. The van der Waals surface area contributed by atoms with Gasteiger partial charge in [0.15, 0.2) is 0 Å². The van der Waals surface area contributed by atoms with Crippen LogP contribution in [0.5, 0.6) is 0 Å². The Bertz CT molecular complexity index is 423. The van der Waals surface area contributed by atoms with Crippen molar-refractivity contribution in [3.8, 4) is 0 Å². The van der Waals surface area contributed by atoms with Crippen LogP contribution in [0.3, 0.4) is 0 Å². The van der Waals surface area contributed by atoms with Crippen LogP contribution in [0.15, 0.2) is 24.3 Å². The second-order valence-electron chi connectivity index (χ2n) is 5.03. The summed E-state index contributed by atoms with van der Waals surface area (Å²) in [6.07, 6.45) is -0.342. The second kappa shape index (κ2) is 8.67. The molecule has 0 aromatic heterocycles. The third kappa shape index (κ3) is 4.74. The van der Waals surface area contributed by atoms with Crippen molar-refractivity contribution in [3.05, 3.63) is 29.8 Å². The predicted octanol–water partition coefficient (Wildman–Crippen LogP) is 2.70. The zero-order chi connectivity index (χ0) is 15.8. The second-order valence-corrected chi connectivity index (χ2v) is 5.03. The van der Waals surface area contributed by atoms with E-state index in [1.165, 1.54) is 11.3 Å². The van der Waals surface area contributed by atoms with Gasteiger partial charge in [0, 0.05) is 39.0 Å². The van der Waals surface area contributed by atoms with Gasteiger partial charge in [0.05, 0.1) is 0 Å². The molecule has 21 heavy (non-hydrogen) atoms. The van der Waals surface area contributed by atoms with E-state index in [1.807, 2.05) is 18.7 Å². The maximum Gasteiger partial charge on any atom is 0.251 e. The number of anilines is 1. The minimum Gasteiger partial charge on any atom is -0.372 e. The number of methoxy groups -OCH3 is 1. The van der Waals surface area contributed by atoms with Crippen molar-refractivity contribution < 1.29 is 9.53 Å². The molecule has 0 saturated carbocycles. The van der Waals surface area contributed by atoms with E-state index in [-0.39, 0.29) is 12.0 Å². The summed E-state index contributed by atoms with van der Waals surface area (Å²) in [5, 5.41) is 0. The van der Waals surface area contributed by atoms with E-state index in [9.17, 15) is 4.79 Å². The van der Waals surface area contributed by atoms with Crippen LogP contribution in [0.25, 0.3) is 0 Å². The minimum absolute atomic E-state index is 0.0889. The minimum atomic E-state index is -0.342. The number of carbonyl (C=O) groups is 1. The van der Waals surface area contributed by atoms with Crippen LogP contribution in [-0.4, -0.2) is 50.2 Å². The molecule has 1 fully saturated rings. The predicted molar refractivity (Wildman–Crippen MR) is 87.8 cm³/mol. The van der Waals surface area contributed by atoms with E-state index in [2.05, 4.69) is 36.1 Å². The molecule has 0 radical (unpaired) electrons. The van der Waals surface area contributed by atoms with Crippen molar-refractivity contribution in [2.24, 2.45) is 0 Å². The fourth-order valence-electron chi connectivity index (χ4n) is 2.30. The van der Waals surface area contributed by atoms with E-state index in [0.29, 0.717) is 0 Å². The van der Waals surface area contributed by atoms with Crippen molar-refractivity contribution >= 4 is 11.6 Å². The molecule has 2 rings (SSSR count). The Morgan fingerprint density at radius 1 is 1.10 bits per heavy atom. The van der Waals surface area contributed by atoms with Gasteiger partial charge in [-0.1, -0.05) is 31.5 Å². The number of hydrogen-bond donors (Lipinski definition) is 0. The van der Waals surface area contributed by atoms with Crippen molar-refractivity contribution in [2.75, 3.05) is 38.2 Å². The zero-order valence-electron chi connectivity index (χ0n) is 13.9. The van der Waals surface area contributed by atoms with Crippen LogP contribution < -0.4 is 4.90 Å². The Balaban J connectivity index is 0.00000106. The third-order valence-electron chi connectivity index (χ3n) is 3.69. The summed E-state index contributed by atoms with van der Waals surface area (Å²) in [6, 6.07) is 8.54. The average molecular weight is 292 g/mol. The fraction of sp³-hybridized carbons (Fsp3) is 0.588. The molecule has 118 valence electrons. The van der Waals surface area contributed by atoms with E-state index < -0.39 is 0 Å². The van der Waals surface area contributed by atoms with Gasteiger partial charge in [-0.2, -0.15) is 0 Å². The van der Waals surface area contributed by atoms with Gasteiger partial charge in [-0.25, -0.2) is 0 Å². The SMILES string of the molecule is CC.CO[C@H](C)C(=O)N1CCN(c2ccc(C)cc2)CC1. The number of aryl methyl sites for hydroxylation is 1. The summed E-state index contributed by atoms with van der Waals surface area (Å²) in [5.74, 6) is 0.0889. The Morgan fingerprint density at radius 2 is 1.62 bits per heavy atom. The van der Waals surface area contributed by atoms with Gasteiger partial charge >= 0.3 is 0 Å². The maximum atomic E-state index is 12.0. The summed E-state index contributed by atoms with van der Waals surface area (Å²) < 4.78 is 5.09. The smallest absolute Gasteiger partial charge is 0.251 e. The molecule has 0 unspecified atom stereocenters. The highest BCUT2D eigenvalue weighted by molar-refractivity contribution is 5.80. The summed E-state index contributed by atoms with van der Waals surface area (Å²) in [6.45, 7) is 11.2. The standard InChI is InChI=1S/C15H22N2O2.C2H6/c1-12-4-6-14(7-5-12)16-8-10-17(11-9-16)15(18)13(2)19-3;1-2/h4-7,13H,8-11H2,1-3H3;1-2H3/t13-;/m1./s1. The number of benzene rings is 1. The summed E-state index contributed by atoms with van der Waals surface area (Å²) >= 11 is 0. The monoisotopic (exact) mass is 292 g/mol. The quantitative estimate of drug-likeness (QED) is 0.859. The van der Waals surface area contributed by atoms with E-state index >= 15 is 0 Å². The van der Waals surface area contributed by atoms with Crippen molar-refractivity contribution in [1.29, 1.82) is 0 Å². The molecule has 1 aromatic rings. The Hall–Kier alpha value is -1.55. The molecule has 0 bridgehead atoms. The number of ether oxygens (including phenoxy) is 1. The molecule has 0 aliphatic carbocycles. The van der Waals surface area contributed by atoms with Crippen molar-refractivity contribution in [2.45, 2.75) is 33.8 Å². The highest BCUT2D eigenvalue weighted by atomic mass is 16.5.